The zero-order chi connectivity index (χ0) is 21.8. The third kappa shape index (κ3) is 3.59. The molecule has 148 valence electrons. The van der Waals surface area contributed by atoms with E-state index >= 15 is 0 Å². The number of carbonyl (C=O) groups is 2. The molecule has 0 aliphatic carbocycles. The van der Waals surface area contributed by atoms with E-state index < -0.39 is 11.8 Å². The van der Waals surface area contributed by atoms with Gasteiger partial charge in [-0.15, -0.1) is 0 Å². The van der Waals surface area contributed by atoms with E-state index in [1.54, 1.807) is 62.4 Å². The smallest absolute Gasteiger partial charge is 0.266 e. The maximum Gasteiger partial charge on any atom is 0.266 e. The van der Waals surface area contributed by atoms with Gasteiger partial charge in [-0.1, -0.05) is 24.3 Å². The standard InChI is InChI=1S/C23H18N4O2S/c1-3-26-21(28)20(22(29)27(4-2)23(26)30)19(17-9-5-15(13-24)6-10-17)18-11-7-16(14-25)8-12-18/h5-12H,3-4H2,1-2H3. The summed E-state index contributed by atoms with van der Waals surface area (Å²) in [5, 5.41) is 18.4. The molecule has 1 saturated heterocycles. The number of nitrogens with zero attached hydrogens (tertiary/aromatic N) is 4. The molecule has 0 spiro atoms. The van der Waals surface area contributed by atoms with E-state index in [2.05, 4.69) is 12.1 Å². The number of amides is 2. The van der Waals surface area contributed by atoms with E-state index in [4.69, 9.17) is 22.7 Å². The maximum absolute atomic E-state index is 13.3. The van der Waals surface area contributed by atoms with Crippen molar-refractivity contribution in [1.29, 1.82) is 10.5 Å². The van der Waals surface area contributed by atoms with Gasteiger partial charge >= 0.3 is 0 Å². The van der Waals surface area contributed by atoms with Gasteiger partial charge in [0.15, 0.2) is 5.11 Å². The minimum absolute atomic E-state index is 0.0155. The predicted molar refractivity (Wildman–Crippen MR) is 116 cm³/mol. The second-order valence-electron chi connectivity index (χ2n) is 6.51. The first-order chi connectivity index (χ1) is 14.5. The van der Waals surface area contributed by atoms with Crippen molar-refractivity contribution in [3.05, 3.63) is 76.4 Å². The Hall–Kier alpha value is -3.81. The number of likely N-dealkylation sites (N-methyl/N-ethyl adjacent to an activating group) is 2. The lowest BCUT2D eigenvalue weighted by Gasteiger charge is -2.36. The van der Waals surface area contributed by atoms with Crippen LogP contribution in [0.25, 0.3) is 5.57 Å². The molecule has 0 N–H and O–H groups in total. The second kappa shape index (κ2) is 8.69. The molecule has 6 nitrogen and oxygen atoms in total. The summed E-state index contributed by atoms with van der Waals surface area (Å²) in [5.74, 6) is -0.915. The Balaban J connectivity index is 2.32. The molecule has 2 aromatic carbocycles. The number of hydrogen-bond donors (Lipinski definition) is 0. The topological polar surface area (TPSA) is 88.2 Å². The molecule has 1 heterocycles. The zero-order valence-corrected chi connectivity index (χ0v) is 17.4. The van der Waals surface area contributed by atoms with E-state index in [-0.39, 0.29) is 10.7 Å². The van der Waals surface area contributed by atoms with Crippen LogP contribution in [0.15, 0.2) is 54.1 Å². The van der Waals surface area contributed by atoms with Crippen LogP contribution in [-0.2, 0) is 9.59 Å². The average molecular weight is 414 g/mol. The van der Waals surface area contributed by atoms with E-state index in [9.17, 15) is 9.59 Å². The normalized spacial score (nSPS) is 13.9. The summed E-state index contributed by atoms with van der Waals surface area (Å²) in [5.41, 5.74) is 2.64. The van der Waals surface area contributed by atoms with Crippen LogP contribution >= 0.6 is 12.2 Å². The van der Waals surface area contributed by atoms with Crippen LogP contribution in [0, 0.1) is 22.7 Å². The molecule has 0 radical (unpaired) electrons. The first kappa shape index (κ1) is 20.9. The van der Waals surface area contributed by atoms with Crippen LogP contribution in [-0.4, -0.2) is 39.8 Å². The maximum atomic E-state index is 13.3. The van der Waals surface area contributed by atoms with Crippen LogP contribution in [0.3, 0.4) is 0 Å². The lowest BCUT2D eigenvalue weighted by molar-refractivity contribution is -0.133. The quantitative estimate of drug-likeness (QED) is 0.435. The van der Waals surface area contributed by atoms with Gasteiger partial charge in [0.25, 0.3) is 11.8 Å². The summed E-state index contributed by atoms with van der Waals surface area (Å²) in [6.45, 7) is 4.26. The molecule has 2 aromatic rings. The van der Waals surface area contributed by atoms with E-state index in [0.717, 1.165) is 0 Å². The third-order valence-electron chi connectivity index (χ3n) is 4.87. The van der Waals surface area contributed by atoms with Crippen molar-refractivity contribution in [2.24, 2.45) is 0 Å². The minimum Gasteiger partial charge on any atom is -0.285 e. The van der Waals surface area contributed by atoms with Crippen molar-refractivity contribution in [2.45, 2.75) is 13.8 Å². The molecule has 0 aromatic heterocycles. The van der Waals surface area contributed by atoms with E-state index in [0.29, 0.717) is 40.9 Å². The summed E-state index contributed by atoms with van der Waals surface area (Å²) >= 11 is 5.36. The largest absolute Gasteiger partial charge is 0.285 e. The van der Waals surface area contributed by atoms with Gasteiger partial charge in [-0.25, -0.2) is 0 Å². The van der Waals surface area contributed by atoms with Crippen molar-refractivity contribution in [1.82, 2.24) is 9.80 Å². The van der Waals surface area contributed by atoms with Crippen LogP contribution in [0.1, 0.15) is 36.1 Å². The molecule has 1 aliphatic heterocycles. The summed E-state index contributed by atoms with van der Waals surface area (Å²) in [6, 6.07) is 17.5. The minimum atomic E-state index is -0.457. The van der Waals surface area contributed by atoms with Gasteiger partial charge in [0.2, 0.25) is 0 Å². The molecular weight excluding hydrogens is 396 g/mol. The predicted octanol–water partition coefficient (Wildman–Crippen LogP) is 3.23. The molecule has 7 heteroatoms. The second-order valence-corrected chi connectivity index (χ2v) is 6.87. The SMILES string of the molecule is CCN1C(=O)C(=C(c2ccc(C#N)cc2)c2ccc(C#N)cc2)C(=O)N(CC)C1=S. The van der Waals surface area contributed by atoms with Crippen molar-refractivity contribution < 1.29 is 9.59 Å². The Morgan fingerprint density at radius 2 is 1.17 bits per heavy atom. The van der Waals surface area contributed by atoms with Crippen molar-refractivity contribution >= 4 is 34.7 Å². The summed E-state index contributed by atoms with van der Waals surface area (Å²) in [6.07, 6.45) is 0. The zero-order valence-electron chi connectivity index (χ0n) is 16.5. The lowest BCUT2D eigenvalue weighted by Crippen LogP contribution is -2.56. The third-order valence-corrected chi connectivity index (χ3v) is 5.31. The Kier molecular flexibility index (Phi) is 6.06. The molecule has 0 bridgehead atoms. The molecule has 1 aliphatic rings. The van der Waals surface area contributed by atoms with Crippen molar-refractivity contribution in [2.75, 3.05) is 13.1 Å². The van der Waals surface area contributed by atoms with Crippen LogP contribution in [0.2, 0.25) is 0 Å². The molecule has 2 amide bonds. The summed E-state index contributed by atoms with van der Waals surface area (Å²) in [7, 11) is 0. The Labute approximate surface area is 180 Å². The molecule has 30 heavy (non-hydrogen) atoms. The molecule has 3 rings (SSSR count). The van der Waals surface area contributed by atoms with Gasteiger partial charge in [0.05, 0.1) is 23.3 Å². The highest BCUT2D eigenvalue weighted by Crippen LogP contribution is 2.32. The van der Waals surface area contributed by atoms with Crippen LogP contribution in [0.5, 0.6) is 0 Å². The van der Waals surface area contributed by atoms with Gasteiger partial charge < -0.3 is 0 Å². The Bertz CT molecular complexity index is 1050. The molecule has 1 fully saturated rings. The van der Waals surface area contributed by atoms with Crippen molar-refractivity contribution in [3.8, 4) is 12.1 Å². The fourth-order valence-electron chi connectivity index (χ4n) is 3.33. The molecular formula is C23H18N4O2S. The van der Waals surface area contributed by atoms with Gasteiger partial charge in [0, 0.05) is 18.7 Å². The van der Waals surface area contributed by atoms with Crippen LogP contribution in [0.4, 0.5) is 0 Å². The summed E-state index contributed by atoms with van der Waals surface area (Å²) in [4.78, 5) is 29.4. The Morgan fingerprint density at radius 1 is 0.800 bits per heavy atom. The van der Waals surface area contributed by atoms with Gasteiger partial charge in [0.1, 0.15) is 5.57 Å². The van der Waals surface area contributed by atoms with Crippen molar-refractivity contribution in [3.63, 3.8) is 0 Å². The number of rotatable bonds is 4. The molecule has 0 saturated carbocycles. The average Bonchev–Trinajstić information content (AvgIpc) is 2.77. The highest BCUT2D eigenvalue weighted by molar-refractivity contribution is 7.80. The molecule has 0 unspecified atom stereocenters. The number of carbonyl (C=O) groups excluding carboxylic acids is 2. The first-order valence-electron chi connectivity index (χ1n) is 9.39. The first-order valence-corrected chi connectivity index (χ1v) is 9.80. The highest BCUT2D eigenvalue weighted by Gasteiger charge is 2.40. The lowest BCUT2D eigenvalue weighted by atomic mass is 9.90. The number of benzene rings is 2. The summed E-state index contributed by atoms with van der Waals surface area (Å²) < 4.78 is 0. The number of nitriles is 2. The van der Waals surface area contributed by atoms with E-state index in [1.807, 2.05) is 0 Å². The highest BCUT2D eigenvalue weighted by atomic mass is 32.1. The van der Waals surface area contributed by atoms with Gasteiger partial charge in [-0.2, -0.15) is 10.5 Å². The van der Waals surface area contributed by atoms with Gasteiger partial charge in [-0.05, 0) is 61.5 Å². The number of thiocarbonyl (C=S) groups is 1. The number of hydrogen-bond acceptors (Lipinski definition) is 5. The fourth-order valence-corrected chi connectivity index (χ4v) is 3.75. The molecule has 0 atom stereocenters. The van der Waals surface area contributed by atoms with Crippen LogP contribution < -0.4 is 0 Å². The fraction of sp³-hybridized carbons (Fsp3) is 0.174. The van der Waals surface area contributed by atoms with E-state index in [1.165, 1.54) is 9.80 Å². The van der Waals surface area contributed by atoms with Gasteiger partial charge in [-0.3, -0.25) is 19.4 Å². The monoisotopic (exact) mass is 414 g/mol. The Morgan fingerprint density at radius 3 is 1.47 bits per heavy atom.